The Morgan fingerprint density at radius 2 is 1.38 bits per heavy atom. The van der Waals surface area contributed by atoms with Gasteiger partial charge in [-0.25, -0.2) is 0 Å². The summed E-state index contributed by atoms with van der Waals surface area (Å²) in [5.41, 5.74) is 0.940. The molecule has 0 aliphatic heterocycles. The zero-order valence-corrected chi connectivity index (χ0v) is 15.2. The van der Waals surface area contributed by atoms with Gasteiger partial charge in [0.15, 0.2) is 0 Å². The molecule has 2 aromatic carbocycles. The highest BCUT2D eigenvalue weighted by Crippen LogP contribution is 2.52. The molecule has 2 nitrogen and oxygen atoms in total. The summed E-state index contributed by atoms with van der Waals surface area (Å²) in [6.07, 6.45) is 15.9. The smallest absolute Gasteiger partial charge is 0.228 e. The molecule has 2 atom stereocenters. The molecule has 0 bridgehead atoms. The fraction of sp³-hybridized carbons (Fsp3) is 0.375. The normalized spacial score (nSPS) is 28.2. The molecule has 0 spiro atoms. The summed E-state index contributed by atoms with van der Waals surface area (Å²) in [7, 11) is 0. The predicted octanol–water partition coefficient (Wildman–Crippen LogP) is 6.11. The monoisotopic (exact) mass is 345 g/mol. The van der Waals surface area contributed by atoms with E-state index in [-0.39, 0.29) is 11.8 Å². The third kappa shape index (κ3) is 3.75. The Kier molecular flexibility index (Phi) is 5.19. The molecule has 134 valence electrons. The van der Waals surface area contributed by atoms with E-state index in [2.05, 4.69) is 47.8 Å². The van der Waals surface area contributed by atoms with E-state index in [1.165, 1.54) is 5.39 Å². The Morgan fingerprint density at radius 1 is 0.769 bits per heavy atom. The molecule has 2 aliphatic carbocycles. The molecule has 1 saturated carbocycles. The second kappa shape index (κ2) is 7.90. The number of benzene rings is 2. The van der Waals surface area contributed by atoms with Crippen LogP contribution in [0.3, 0.4) is 0 Å². The van der Waals surface area contributed by atoms with Gasteiger partial charge in [0.1, 0.15) is 0 Å². The van der Waals surface area contributed by atoms with Crippen LogP contribution in [0.2, 0.25) is 0 Å². The molecule has 0 aromatic heterocycles. The number of rotatable bonds is 2. The van der Waals surface area contributed by atoms with Crippen molar-refractivity contribution in [3.05, 3.63) is 66.8 Å². The van der Waals surface area contributed by atoms with Gasteiger partial charge in [-0.3, -0.25) is 4.79 Å². The van der Waals surface area contributed by atoms with E-state index >= 15 is 0 Å². The van der Waals surface area contributed by atoms with Crippen LogP contribution >= 0.6 is 0 Å². The van der Waals surface area contributed by atoms with Crippen molar-refractivity contribution >= 4 is 22.4 Å². The number of hydrogen-bond donors (Lipinski definition) is 1. The summed E-state index contributed by atoms with van der Waals surface area (Å²) in [5.74, 6) is 1.47. The molecule has 1 fully saturated rings. The van der Waals surface area contributed by atoms with Gasteiger partial charge in [0.25, 0.3) is 0 Å². The van der Waals surface area contributed by atoms with Crippen molar-refractivity contribution in [2.24, 2.45) is 17.8 Å². The topological polar surface area (TPSA) is 29.1 Å². The lowest BCUT2D eigenvalue weighted by Gasteiger charge is -2.09. The van der Waals surface area contributed by atoms with Gasteiger partial charge in [-0.15, -0.1) is 0 Å². The van der Waals surface area contributed by atoms with Crippen molar-refractivity contribution < 1.29 is 4.79 Å². The van der Waals surface area contributed by atoms with Crippen LogP contribution in [-0.2, 0) is 4.79 Å². The fourth-order valence-electron chi connectivity index (χ4n) is 4.41. The molecule has 0 heterocycles. The minimum atomic E-state index is 0.177. The molecule has 1 amide bonds. The average Bonchev–Trinajstić information content (AvgIpc) is 3.34. The molecule has 0 radical (unpaired) electrons. The van der Waals surface area contributed by atoms with Crippen molar-refractivity contribution in [2.75, 3.05) is 5.32 Å². The van der Waals surface area contributed by atoms with E-state index in [0.717, 1.165) is 49.6 Å². The Balaban J connectivity index is 1.47. The van der Waals surface area contributed by atoms with Crippen LogP contribution in [0.5, 0.6) is 0 Å². The summed E-state index contributed by atoms with van der Waals surface area (Å²) in [5, 5.41) is 5.51. The second-order valence-corrected chi connectivity index (χ2v) is 7.54. The number of amides is 1. The molecule has 2 aliphatic rings. The van der Waals surface area contributed by atoms with E-state index in [4.69, 9.17) is 0 Å². The van der Waals surface area contributed by atoms with E-state index in [1.807, 2.05) is 24.3 Å². The molecule has 26 heavy (non-hydrogen) atoms. The van der Waals surface area contributed by atoms with Crippen LogP contribution in [0.4, 0.5) is 5.69 Å². The van der Waals surface area contributed by atoms with Crippen LogP contribution in [0.1, 0.15) is 38.5 Å². The van der Waals surface area contributed by atoms with Gasteiger partial charge in [0, 0.05) is 17.0 Å². The predicted molar refractivity (Wildman–Crippen MR) is 109 cm³/mol. The zero-order chi connectivity index (χ0) is 17.8. The molecule has 0 unspecified atom stereocenters. The van der Waals surface area contributed by atoms with E-state index in [1.54, 1.807) is 0 Å². The summed E-state index contributed by atoms with van der Waals surface area (Å²) < 4.78 is 0. The van der Waals surface area contributed by atoms with Crippen molar-refractivity contribution in [2.45, 2.75) is 38.5 Å². The van der Waals surface area contributed by atoms with Crippen molar-refractivity contribution in [3.63, 3.8) is 0 Å². The molecule has 2 aromatic rings. The van der Waals surface area contributed by atoms with Crippen LogP contribution in [0, 0.1) is 17.8 Å². The van der Waals surface area contributed by atoms with Crippen molar-refractivity contribution in [1.82, 2.24) is 0 Å². The standard InChI is InChI=1S/C24H27NO/c26-24(25-22-17-11-13-18-12-9-10-14-19(18)22)23-20-15-7-5-3-1-2-4-6-8-16-21(20)23/h3-6,9-14,17,20-21,23H,1-2,7-8,15-16H2,(H,25,26)/b5-3-,6-4-/t20-,21-/m1/s1. The van der Waals surface area contributed by atoms with E-state index in [0.29, 0.717) is 11.8 Å². The maximum absolute atomic E-state index is 13.0. The van der Waals surface area contributed by atoms with Gasteiger partial charge in [0.05, 0.1) is 0 Å². The van der Waals surface area contributed by atoms with E-state index < -0.39 is 0 Å². The van der Waals surface area contributed by atoms with Gasteiger partial charge in [-0.05, 0) is 61.8 Å². The van der Waals surface area contributed by atoms with Crippen LogP contribution < -0.4 is 5.32 Å². The van der Waals surface area contributed by atoms with Crippen molar-refractivity contribution in [3.8, 4) is 0 Å². The number of fused-ring (bicyclic) bond motifs is 2. The van der Waals surface area contributed by atoms with Gasteiger partial charge in [-0.2, -0.15) is 0 Å². The van der Waals surface area contributed by atoms with Gasteiger partial charge in [0.2, 0.25) is 5.91 Å². The Labute approximate surface area is 156 Å². The lowest BCUT2D eigenvalue weighted by atomic mass is 10.1. The first-order valence-electron chi connectivity index (χ1n) is 9.93. The molecule has 0 saturated heterocycles. The lowest BCUT2D eigenvalue weighted by molar-refractivity contribution is -0.117. The first-order chi connectivity index (χ1) is 12.8. The SMILES string of the molecule is O=C(Nc1cccc2ccccc12)C1[C@@H]2CC/C=C\CC/C=C\CC[C@@H]12. The largest absolute Gasteiger partial charge is 0.325 e. The first kappa shape index (κ1) is 17.1. The maximum Gasteiger partial charge on any atom is 0.228 e. The highest BCUT2D eigenvalue weighted by Gasteiger charge is 2.52. The van der Waals surface area contributed by atoms with Crippen molar-refractivity contribution in [1.29, 1.82) is 0 Å². The van der Waals surface area contributed by atoms with E-state index in [9.17, 15) is 4.79 Å². The average molecular weight is 345 g/mol. The van der Waals surface area contributed by atoms with Crippen LogP contribution in [-0.4, -0.2) is 5.91 Å². The summed E-state index contributed by atoms with van der Waals surface area (Å²) >= 11 is 0. The minimum Gasteiger partial charge on any atom is -0.325 e. The number of nitrogens with one attached hydrogen (secondary N) is 1. The molecule has 1 N–H and O–H groups in total. The molecule has 4 rings (SSSR count). The molecular weight excluding hydrogens is 318 g/mol. The van der Waals surface area contributed by atoms with Crippen LogP contribution in [0.15, 0.2) is 66.8 Å². The number of carbonyl (C=O) groups is 1. The highest BCUT2D eigenvalue weighted by atomic mass is 16.2. The number of anilines is 1. The first-order valence-corrected chi connectivity index (χ1v) is 9.93. The summed E-state index contributed by atoms with van der Waals surface area (Å²) in [4.78, 5) is 13.0. The maximum atomic E-state index is 13.0. The zero-order valence-electron chi connectivity index (χ0n) is 15.2. The number of allylic oxidation sites excluding steroid dienone is 4. The quantitative estimate of drug-likeness (QED) is 0.654. The Morgan fingerprint density at radius 3 is 2.12 bits per heavy atom. The van der Waals surface area contributed by atoms with Gasteiger partial charge in [-0.1, -0.05) is 60.7 Å². The van der Waals surface area contributed by atoms with Gasteiger partial charge >= 0.3 is 0 Å². The third-order valence-corrected chi connectivity index (χ3v) is 5.85. The number of carbonyl (C=O) groups excluding carboxylic acids is 1. The fourth-order valence-corrected chi connectivity index (χ4v) is 4.41. The summed E-state index contributed by atoms with van der Waals surface area (Å²) in [6, 6.07) is 14.4. The Hall–Kier alpha value is -2.35. The lowest BCUT2D eigenvalue weighted by Crippen LogP contribution is -2.16. The highest BCUT2D eigenvalue weighted by molar-refractivity contribution is 6.03. The number of hydrogen-bond acceptors (Lipinski definition) is 1. The van der Waals surface area contributed by atoms with Crippen LogP contribution in [0.25, 0.3) is 10.8 Å². The van der Waals surface area contributed by atoms with Gasteiger partial charge < -0.3 is 5.32 Å². The second-order valence-electron chi connectivity index (χ2n) is 7.54. The summed E-state index contributed by atoms with van der Waals surface area (Å²) in [6.45, 7) is 0. The third-order valence-electron chi connectivity index (χ3n) is 5.85. The Bertz CT molecular complexity index is 806. The minimum absolute atomic E-state index is 0.177. The molecular formula is C24H27NO. The molecule has 2 heteroatoms.